The lowest BCUT2D eigenvalue weighted by molar-refractivity contribution is 0.0706. The Morgan fingerprint density at radius 3 is 2.78 bits per heavy atom. The number of rotatable bonds is 0. The molecule has 1 aromatic rings. The van der Waals surface area contributed by atoms with Crippen LogP contribution in [-0.2, 0) is 0 Å². The Bertz CT molecular complexity index is 506. The van der Waals surface area contributed by atoms with Gasteiger partial charge < -0.3 is 10.2 Å². The first kappa shape index (κ1) is 13.9. The highest BCUT2D eigenvalue weighted by Crippen LogP contribution is 2.40. The van der Waals surface area contributed by atoms with E-state index in [1.54, 1.807) is 11.0 Å². The molecule has 2 heterocycles. The molecule has 0 radical (unpaired) electrons. The molecule has 1 saturated heterocycles. The van der Waals surface area contributed by atoms with E-state index in [1.165, 1.54) is 0 Å². The van der Waals surface area contributed by atoms with Crippen molar-refractivity contribution in [1.29, 1.82) is 0 Å². The van der Waals surface area contributed by atoms with E-state index in [0.717, 1.165) is 18.7 Å². The van der Waals surface area contributed by atoms with E-state index < -0.39 is 0 Å². The molecule has 1 amide bonds. The van der Waals surface area contributed by atoms with Crippen molar-refractivity contribution < 1.29 is 4.79 Å². The lowest BCUT2D eigenvalue weighted by Gasteiger charge is -2.36. The molecule has 0 unspecified atom stereocenters. The first-order valence-electron chi connectivity index (χ1n) is 5.57. The summed E-state index contributed by atoms with van der Waals surface area (Å²) in [7, 11) is 1.83. The van der Waals surface area contributed by atoms with Crippen molar-refractivity contribution in [2.45, 2.75) is 12.0 Å². The Kier molecular flexibility index (Phi) is 3.79. The molecule has 0 bridgehead atoms. The number of benzene rings is 1. The summed E-state index contributed by atoms with van der Waals surface area (Å²) in [5.41, 5.74) is 1.60. The van der Waals surface area contributed by atoms with E-state index in [0.29, 0.717) is 21.5 Å². The first-order chi connectivity index (χ1) is 8.11. The number of halogens is 3. The molecule has 1 N–H and O–H groups in total. The van der Waals surface area contributed by atoms with Crippen molar-refractivity contribution in [2.75, 3.05) is 20.1 Å². The van der Waals surface area contributed by atoms with Crippen LogP contribution in [0.25, 0.3) is 0 Å². The van der Waals surface area contributed by atoms with Crippen LogP contribution in [0.2, 0.25) is 10.0 Å². The Labute approximate surface area is 122 Å². The van der Waals surface area contributed by atoms with Crippen molar-refractivity contribution in [3.05, 3.63) is 33.3 Å². The van der Waals surface area contributed by atoms with Gasteiger partial charge in [-0.3, -0.25) is 4.79 Å². The number of carbonyl (C=O) groups is 1. The smallest absolute Gasteiger partial charge is 0.255 e. The summed E-state index contributed by atoms with van der Waals surface area (Å²) >= 11 is 12.1. The van der Waals surface area contributed by atoms with Crippen molar-refractivity contribution in [2.24, 2.45) is 0 Å². The minimum atomic E-state index is -0.0301. The maximum atomic E-state index is 12.3. The SMILES string of the molecule is CN1C(=O)c2c(ccc(Cl)c2Cl)[C@H]2CNC[C@@H]21.Cl. The number of amides is 1. The summed E-state index contributed by atoms with van der Waals surface area (Å²) in [4.78, 5) is 14.1. The summed E-state index contributed by atoms with van der Waals surface area (Å²) in [5, 5.41) is 4.14. The summed E-state index contributed by atoms with van der Waals surface area (Å²) in [6, 6.07) is 3.93. The molecule has 2 aliphatic heterocycles. The number of nitrogens with zero attached hydrogens (tertiary/aromatic N) is 1. The molecule has 0 aromatic heterocycles. The standard InChI is InChI=1S/C12H12Cl2N2O.ClH/c1-16-9-5-15-4-7(9)6-2-3-8(13)11(14)10(6)12(16)17;/h2-3,7,9,15H,4-5H2,1H3;1H/t7-,9+;/m1./s1. The quantitative estimate of drug-likeness (QED) is 0.799. The van der Waals surface area contributed by atoms with Crippen LogP contribution in [0.4, 0.5) is 0 Å². The van der Waals surface area contributed by atoms with Gasteiger partial charge in [-0.15, -0.1) is 12.4 Å². The van der Waals surface area contributed by atoms with Gasteiger partial charge in [0.05, 0.1) is 21.7 Å². The zero-order chi connectivity index (χ0) is 12.2. The van der Waals surface area contributed by atoms with Crippen molar-refractivity contribution >= 4 is 41.5 Å². The average molecular weight is 308 g/mol. The lowest BCUT2D eigenvalue weighted by atomic mass is 9.85. The molecule has 0 aliphatic carbocycles. The van der Waals surface area contributed by atoms with Gasteiger partial charge in [-0.2, -0.15) is 0 Å². The number of nitrogens with one attached hydrogen (secondary N) is 1. The molecule has 2 atom stereocenters. The van der Waals surface area contributed by atoms with Crippen LogP contribution < -0.4 is 5.32 Å². The second kappa shape index (κ2) is 4.89. The summed E-state index contributed by atoms with van der Waals surface area (Å²) < 4.78 is 0. The van der Waals surface area contributed by atoms with Crippen LogP contribution in [0.15, 0.2) is 12.1 Å². The molecular formula is C12H13Cl3N2O. The van der Waals surface area contributed by atoms with Gasteiger partial charge in [0.25, 0.3) is 5.91 Å². The molecule has 0 saturated carbocycles. The van der Waals surface area contributed by atoms with E-state index in [1.807, 2.05) is 13.1 Å². The molecule has 6 heteroatoms. The molecule has 18 heavy (non-hydrogen) atoms. The third-order valence-corrected chi connectivity index (χ3v) is 4.54. The van der Waals surface area contributed by atoms with Crippen molar-refractivity contribution in [3.63, 3.8) is 0 Å². The Morgan fingerprint density at radius 2 is 2.06 bits per heavy atom. The molecule has 0 spiro atoms. The highest BCUT2D eigenvalue weighted by molar-refractivity contribution is 6.44. The van der Waals surface area contributed by atoms with Crippen LogP contribution >= 0.6 is 35.6 Å². The van der Waals surface area contributed by atoms with E-state index in [-0.39, 0.29) is 24.4 Å². The van der Waals surface area contributed by atoms with Gasteiger partial charge in [-0.05, 0) is 11.6 Å². The maximum absolute atomic E-state index is 12.3. The number of fused-ring (bicyclic) bond motifs is 3. The monoisotopic (exact) mass is 306 g/mol. The Hall–Kier alpha value is -0.480. The number of likely N-dealkylation sites (N-methyl/N-ethyl adjacent to an activating group) is 1. The molecule has 2 aliphatic rings. The molecular weight excluding hydrogens is 295 g/mol. The zero-order valence-electron chi connectivity index (χ0n) is 9.74. The van der Waals surface area contributed by atoms with Crippen LogP contribution in [0.5, 0.6) is 0 Å². The fourth-order valence-electron chi connectivity index (χ4n) is 2.81. The Balaban J connectivity index is 0.00000120. The highest BCUT2D eigenvalue weighted by atomic mass is 35.5. The summed E-state index contributed by atoms with van der Waals surface area (Å²) in [6.07, 6.45) is 0. The van der Waals surface area contributed by atoms with Gasteiger partial charge in [-0.1, -0.05) is 29.3 Å². The normalized spacial score (nSPS) is 25.5. The van der Waals surface area contributed by atoms with E-state index >= 15 is 0 Å². The first-order valence-corrected chi connectivity index (χ1v) is 6.32. The zero-order valence-corrected chi connectivity index (χ0v) is 12.1. The maximum Gasteiger partial charge on any atom is 0.255 e. The fraction of sp³-hybridized carbons (Fsp3) is 0.417. The van der Waals surface area contributed by atoms with Gasteiger partial charge >= 0.3 is 0 Å². The largest absolute Gasteiger partial charge is 0.337 e. The topological polar surface area (TPSA) is 32.3 Å². The van der Waals surface area contributed by atoms with Gasteiger partial charge in [-0.25, -0.2) is 0 Å². The molecule has 3 rings (SSSR count). The van der Waals surface area contributed by atoms with Gasteiger partial charge in [0.15, 0.2) is 0 Å². The second-order valence-corrected chi connectivity index (χ2v) is 5.36. The average Bonchev–Trinajstić information content (AvgIpc) is 2.79. The molecule has 1 fully saturated rings. The lowest BCUT2D eigenvalue weighted by Crippen LogP contribution is -2.45. The minimum Gasteiger partial charge on any atom is -0.337 e. The number of hydrogen-bond donors (Lipinski definition) is 1. The predicted octanol–water partition coefficient (Wildman–Crippen LogP) is 2.56. The third kappa shape index (κ3) is 1.81. The van der Waals surface area contributed by atoms with Crippen LogP contribution in [0, 0.1) is 0 Å². The molecule has 1 aromatic carbocycles. The van der Waals surface area contributed by atoms with Crippen molar-refractivity contribution in [3.8, 4) is 0 Å². The predicted molar refractivity (Wildman–Crippen MR) is 75.2 cm³/mol. The number of carbonyl (C=O) groups excluding carboxylic acids is 1. The van der Waals surface area contributed by atoms with Gasteiger partial charge in [0.2, 0.25) is 0 Å². The fourth-order valence-corrected chi connectivity index (χ4v) is 3.22. The van der Waals surface area contributed by atoms with Crippen molar-refractivity contribution in [1.82, 2.24) is 10.2 Å². The highest BCUT2D eigenvalue weighted by Gasteiger charge is 2.41. The van der Waals surface area contributed by atoms with E-state index in [4.69, 9.17) is 23.2 Å². The van der Waals surface area contributed by atoms with E-state index in [2.05, 4.69) is 5.32 Å². The second-order valence-electron chi connectivity index (χ2n) is 4.57. The van der Waals surface area contributed by atoms with Crippen LogP contribution in [0.1, 0.15) is 21.8 Å². The van der Waals surface area contributed by atoms with Crippen LogP contribution in [-0.4, -0.2) is 37.0 Å². The number of hydrogen-bond acceptors (Lipinski definition) is 2. The molecule has 3 nitrogen and oxygen atoms in total. The van der Waals surface area contributed by atoms with Crippen LogP contribution in [0.3, 0.4) is 0 Å². The third-order valence-electron chi connectivity index (χ3n) is 3.74. The van der Waals surface area contributed by atoms with E-state index in [9.17, 15) is 4.79 Å². The molecule has 98 valence electrons. The van der Waals surface area contributed by atoms with Gasteiger partial charge in [0, 0.05) is 26.1 Å². The van der Waals surface area contributed by atoms with Gasteiger partial charge in [0.1, 0.15) is 0 Å². The Morgan fingerprint density at radius 1 is 1.33 bits per heavy atom. The summed E-state index contributed by atoms with van der Waals surface area (Å²) in [5.74, 6) is 0.292. The summed E-state index contributed by atoms with van der Waals surface area (Å²) in [6.45, 7) is 1.72. The minimum absolute atomic E-state index is 0.